The van der Waals surface area contributed by atoms with E-state index in [1.807, 2.05) is 49.6 Å². The maximum atomic E-state index is 12.5. The van der Waals surface area contributed by atoms with E-state index >= 15 is 0 Å². The maximum absolute atomic E-state index is 12.5. The highest BCUT2D eigenvalue weighted by Gasteiger charge is 2.32. The lowest BCUT2D eigenvalue weighted by Crippen LogP contribution is -2.56. The summed E-state index contributed by atoms with van der Waals surface area (Å²) in [4.78, 5) is 28.3. The molecule has 0 aromatic carbocycles. The standard InChI is InChI=1S/C16H24N2O2/c1-11(2)15(19)17-7-8-18(13(4)10-17)16(20)14-6-5-12(3)9-14/h5-6,11,13H,7-10H2,1-4H3. The smallest absolute Gasteiger partial charge is 0.250 e. The first-order valence-electron chi connectivity index (χ1n) is 7.36. The number of hydrogen-bond donors (Lipinski definition) is 0. The average Bonchev–Trinajstić information content (AvgIpc) is 2.83. The van der Waals surface area contributed by atoms with Crippen molar-refractivity contribution in [3.63, 3.8) is 0 Å². The summed E-state index contributed by atoms with van der Waals surface area (Å²) in [6.07, 6.45) is 4.70. The third-order valence-corrected chi connectivity index (χ3v) is 4.01. The second kappa shape index (κ2) is 5.81. The van der Waals surface area contributed by atoms with E-state index in [0.29, 0.717) is 19.6 Å². The van der Waals surface area contributed by atoms with Crippen LogP contribution in [0.25, 0.3) is 0 Å². The Hall–Kier alpha value is -1.58. The minimum atomic E-state index is 0.0221. The average molecular weight is 276 g/mol. The molecule has 2 rings (SSSR count). The van der Waals surface area contributed by atoms with Crippen LogP contribution in [0.3, 0.4) is 0 Å². The first kappa shape index (κ1) is 14.8. The van der Waals surface area contributed by atoms with Crippen molar-refractivity contribution in [3.05, 3.63) is 23.3 Å². The lowest BCUT2D eigenvalue weighted by molar-refractivity contribution is -0.142. The van der Waals surface area contributed by atoms with Crippen LogP contribution < -0.4 is 0 Å². The summed E-state index contributed by atoms with van der Waals surface area (Å²) in [6.45, 7) is 9.82. The van der Waals surface area contributed by atoms with Gasteiger partial charge in [0.1, 0.15) is 0 Å². The molecule has 1 unspecified atom stereocenters. The largest absolute Gasteiger partial charge is 0.339 e. The fourth-order valence-electron chi connectivity index (χ4n) is 2.82. The summed E-state index contributed by atoms with van der Waals surface area (Å²) in [5.41, 5.74) is 2.10. The van der Waals surface area contributed by atoms with Gasteiger partial charge in [0.05, 0.1) is 0 Å². The fraction of sp³-hybridized carbons (Fsp3) is 0.625. The van der Waals surface area contributed by atoms with E-state index < -0.39 is 0 Å². The maximum Gasteiger partial charge on any atom is 0.250 e. The summed E-state index contributed by atoms with van der Waals surface area (Å²) in [5, 5.41) is 0. The number of nitrogens with zero attached hydrogens (tertiary/aromatic N) is 2. The Morgan fingerprint density at radius 1 is 1.25 bits per heavy atom. The number of carbonyl (C=O) groups excluding carboxylic acids is 2. The van der Waals surface area contributed by atoms with Gasteiger partial charge in [-0.1, -0.05) is 31.6 Å². The number of amides is 2. The minimum absolute atomic E-state index is 0.0221. The molecule has 1 atom stereocenters. The Bertz CT molecular complexity index is 477. The molecular weight excluding hydrogens is 252 g/mol. The monoisotopic (exact) mass is 276 g/mol. The summed E-state index contributed by atoms with van der Waals surface area (Å²) >= 11 is 0. The fourth-order valence-corrected chi connectivity index (χ4v) is 2.82. The van der Waals surface area contributed by atoms with Crippen LogP contribution in [0, 0.1) is 5.92 Å². The Balaban J connectivity index is 1.97. The summed E-state index contributed by atoms with van der Waals surface area (Å²) in [5.74, 6) is 0.331. The van der Waals surface area contributed by atoms with Crippen molar-refractivity contribution in [1.82, 2.24) is 9.80 Å². The van der Waals surface area contributed by atoms with Crippen LogP contribution in [0.5, 0.6) is 0 Å². The topological polar surface area (TPSA) is 40.6 Å². The third kappa shape index (κ3) is 2.94. The number of rotatable bonds is 2. The van der Waals surface area contributed by atoms with Crippen molar-refractivity contribution in [2.24, 2.45) is 5.92 Å². The van der Waals surface area contributed by atoms with Gasteiger partial charge in [-0.15, -0.1) is 0 Å². The molecule has 20 heavy (non-hydrogen) atoms. The summed E-state index contributed by atoms with van der Waals surface area (Å²) in [7, 11) is 0. The Kier molecular flexibility index (Phi) is 4.31. The van der Waals surface area contributed by atoms with E-state index in [9.17, 15) is 9.59 Å². The molecule has 1 saturated heterocycles. The van der Waals surface area contributed by atoms with Crippen molar-refractivity contribution in [2.75, 3.05) is 19.6 Å². The van der Waals surface area contributed by atoms with Crippen LogP contribution in [-0.2, 0) is 9.59 Å². The number of piperazine rings is 1. The number of hydrogen-bond acceptors (Lipinski definition) is 2. The number of allylic oxidation sites excluding steroid dienone is 3. The molecule has 2 aliphatic rings. The molecule has 1 fully saturated rings. The molecule has 0 N–H and O–H groups in total. The molecule has 1 aliphatic carbocycles. The molecule has 0 saturated carbocycles. The number of carbonyl (C=O) groups is 2. The lowest BCUT2D eigenvalue weighted by Gasteiger charge is -2.40. The van der Waals surface area contributed by atoms with Gasteiger partial charge in [0.2, 0.25) is 11.8 Å². The van der Waals surface area contributed by atoms with Crippen molar-refractivity contribution in [1.29, 1.82) is 0 Å². The molecule has 0 bridgehead atoms. The molecule has 1 aliphatic heterocycles. The third-order valence-electron chi connectivity index (χ3n) is 4.01. The zero-order valence-electron chi connectivity index (χ0n) is 12.8. The van der Waals surface area contributed by atoms with Crippen LogP contribution in [0.1, 0.15) is 34.1 Å². The van der Waals surface area contributed by atoms with Gasteiger partial charge < -0.3 is 9.80 Å². The van der Waals surface area contributed by atoms with Gasteiger partial charge in [0, 0.05) is 37.2 Å². The Labute approximate surface area is 121 Å². The van der Waals surface area contributed by atoms with Gasteiger partial charge in [-0.2, -0.15) is 0 Å². The van der Waals surface area contributed by atoms with Crippen LogP contribution in [-0.4, -0.2) is 47.3 Å². The van der Waals surface area contributed by atoms with E-state index in [0.717, 1.165) is 12.0 Å². The van der Waals surface area contributed by atoms with E-state index in [1.165, 1.54) is 5.57 Å². The van der Waals surface area contributed by atoms with Crippen LogP contribution >= 0.6 is 0 Å². The normalized spacial score (nSPS) is 22.9. The summed E-state index contributed by atoms with van der Waals surface area (Å²) < 4.78 is 0. The molecule has 2 amide bonds. The molecular formula is C16H24N2O2. The van der Waals surface area contributed by atoms with Crippen LogP contribution in [0.2, 0.25) is 0 Å². The first-order chi connectivity index (χ1) is 9.40. The molecule has 110 valence electrons. The highest BCUT2D eigenvalue weighted by molar-refractivity contribution is 5.95. The van der Waals surface area contributed by atoms with Crippen LogP contribution in [0.15, 0.2) is 23.3 Å². The summed E-state index contributed by atoms with van der Waals surface area (Å²) in [6, 6.07) is 0.0840. The van der Waals surface area contributed by atoms with Gasteiger partial charge in [-0.25, -0.2) is 0 Å². The van der Waals surface area contributed by atoms with Crippen molar-refractivity contribution in [2.45, 2.75) is 40.2 Å². The van der Waals surface area contributed by atoms with Gasteiger partial charge in [0.25, 0.3) is 0 Å². The molecule has 4 nitrogen and oxygen atoms in total. The SMILES string of the molecule is CC1=CC=C(C(=O)N2CCN(C(=O)C(C)C)CC2C)C1. The molecule has 0 aromatic heterocycles. The molecule has 0 aromatic rings. The second-order valence-corrected chi connectivity index (χ2v) is 6.17. The first-order valence-corrected chi connectivity index (χ1v) is 7.36. The van der Waals surface area contributed by atoms with Crippen LogP contribution in [0.4, 0.5) is 0 Å². The van der Waals surface area contributed by atoms with E-state index in [4.69, 9.17) is 0 Å². The van der Waals surface area contributed by atoms with Gasteiger partial charge in [0.15, 0.2) is 0 Å². The Morgan fingerprint density at radius 3 is 2.45 bits per heavy atom. The highest BCUT2D eigenvalue weighted by atomic mass is 16.2. The predicted octanol–water partition coefficient (Wildman–Crippen LogP) is 1.98. The van der Waals surface area contributed by atoms with E-state index in [1.54, 1.807) is 0 Å². The zero-order valence-corrected chi connectivity index (χ0v) is 12.8. The van der Waals surface area contributed by atoms with Gasteiger partial charge in [-0.05, 0) is 20.3 Å². The quantitative estimate of drug-likeness (QED) is 0.774. The zero-order chi connectivity index (χ0) is 14.9. The molecule has 0 spiro atoms. The van der Waals surface area contributed by atoms with Crippen molar-refractivity contribution < 1.29 is 9.59 Å². The van der Waals surface area contributed by atoms with Crippen molar-refractivity contribution in [3.8, 4) is 0 Å². The van der Waals surface area contributed by atoms with E-state index in [2.05, 4.69) is 0 Å². The second-order valence-electron chi connectivity index (χ2n) is 6.17. The lowest BCUT2D eigenvalue weighted by atomic mass is 10.1. The highest BCUT2D eigenvalue weighted by Crippen LogP contribution is 2.22. The van der Waals surface area contributed by atoms with Crippen molar-refractivity contribution >= 4 is 11.8 Å². The van der Waals surface area contributed by atoms with E-state index in [-0.39, 0.29) is 23.8 Å². The molecule has 1 heterocycles. The van der Waals surface area contributed by atoms with Gasteiger partial charge in [-0.3, -0.25) is 9.59 Å². The Morgan fingerprint density at radius 2 is 1.95 bits per heavy atom. The molecule has 4 heteroatoms. The van der Waals surface area contributed by atoms with Gasteiger partial charge >= 0.3 is 0 Å². The predicted molar refractivity (Wildman–Crippen MR) is 79.1 cm³/mol. The molecule has 0 radical (unpaired) electrons. The minimum Gasteiger partial charge on any atom is -0.339 e.